The van der Waals surface area contributed by atoms with E-state index < -0.39 is 5.69 Å². The molecule has 2 fully saturated rings. The fourth-order valence-corrected chi connectivity index (χ4v) is 4.96. The van der Waals surface area contributed by atoms with Crippen LogP contribution in [0.5, 0.6) is 0 Å². The lowest BCUT2D eigenvalue weighted by Crippen LogP contribution is -2.51. The Balaban J connectivity index is 1.72. The zero-order valence-corrected chi connectivity index (χ0v) is 15.9. The van der Waals surface area contributed by atoms with Crippen molar-refractivity contribution in [2.24, 2.45) is 5.92 Å². The molecule has 1 aliphatic carbocycles. The number of amides is 1. The van der Waals surface area contributed by atoms with Gasteiger partial charge in [-0.15, -0.1) is 0 Å². The maximum absolute atomic E-state index is 13.2. The highest BCUT2D eigenvalue weighted by Gasteiger charge is 2.35. The van der Waals surface area contributed by atoms with Crippen LogP contribution in [0.2, 0.25) is 0 Å². The Morgan fingerprint density at radius 2 is 1.78 bits per heavy atom. The Morgan fingerprint density at radius 3 is 2.59 bits per heavy atom. The Kier molecular flexibility index (Phi) is 4.89. The van der Waals surface area contributed by atoms with Gasteiger partial charge in [0.1, 0.15) is 6.54 Å². The first-order chi connectivity index (χ1) is 13.1. The molecule has 0 radical (unpaired) electrons. The van der Waals surface area contributed by atoms with Crippen LogP contribution >= 0.6 is 0 Å². The second-order valence-electron chi connectivity index (χ2n) is 7.78. The van der Waals surface area contributed by atoms with E-state index in [1.807, 2.05) is 4.90 Å². The molecule has 2 atom stereocenters. The number of hydrogen-bond acceptors (Lipinski definition) is 3. The van der Waals surface area contributed by atoms with Gasteiger partial charge in [0.25, 0.3) is 5.56 Å². The summed E-state index contributed by atoms with van der Waals surface area (Å²) >= 11 is 0. The van der Waals surface area contributed by atoms with Gasteiger partial charge in [-0.1, -0.05) is 25.0 Å². The van der Waals surface area contributed by atoms with Crippen LogP contribution in [0.15, 0.2) is 33.9 Å². The van der Waals surface area contributed by atoms with E-state index >= 15 is 0 Å². The number of benzene rings is 1. The molecule has 1 saturated carbocycles. The lowest BCUT2D eigenvalue weighted by atomic mass is 9.78. The predicted molar refractivity (Wildman–Crippen MR) is 105 cm³/mol. The van der Waals surface area contributed by atoms with E-state index in [2.05, 4.69) is 0 Å². The van der Waals surface area contributed by atoms with Crippen molar-refractivity contribution in [3.63, 3.8) is 0 Å². The number of likely N-dealkylation sites (tertiary alicyclic amines) is 1. The summed E-state index contributed by atoms with van der Waals surface area (Å²) in [6.07, 6.45) is 6.96. The number of rotatable bonds is 3. The van der Waals surface area contributed by atoms with E-state index in [4.69, 9.17) is 0 Å². The molecule has 6 nitrogen and oxygen atoms in total. The second kappa shape index (κ2) is 7.33. The van der Waals surface area contributed by atoms with Crippen molar-refractivity contribution in [2.45, 2.75) is 64.6 Å². The minimum Gasteiger partial charge on any atom is -0.338 e. The third-order valence-electron chi connectivity index (χ3n) is 6.31. The Bertz CT molecular complexity index is 973. The smallest absolute Gasteiger partial charge is 0.331 e. The fraction of sp³-hybridized carbons (Fsp3) is 0.571. The van der Waals surface area contributed by atoms with Gasteiger partial charge in [-0.3, -0.25) is 18.7 Å². The normalized spacial score (nSPS) is 22.6. The molecule has 4 rings (SSSR count). The van der Waals surface area contributed by atoms with E-state index in [0.717, 1.165) is 19.4 Å². The molecule has 1 amide bonds. The second-order valence-corrected chi connectivity index (χ2v) is 7.78. The van der Waals surface area contributed by atoms with Crippen molar-refractivity contribution in [1.29, 1.82) is 0 Å². The van der Waals surface area contributed by atoms with Gasteiger partial charge in [-0.05, 0) is 50.7 Å². The van der Waals surface area contributed by atoms with Gasteiger partial charge in [-0.2, -0.15) is 0 Å². The van der Waals surface area contributed by atoms with Crippen LogP contribution in [-0.4, -0.2) is 32.5 Å². The molecule has 0 bridgehead atoms. The van der Waals surface area contributed by atoms with Crippen molar-refractivity contribution < 1.29 is 4.79 Å². The van der Waals surface area contributed by atoms with Crippen molar-refractivity contribution in [1.82, 2.24) is 14.0 Å². The number of aromatic nitrogens is 2. The number of piperidine rings is 1. The molecule has 1 saturated heterocycles. The van der Waals surface area contributed by atoms with Crippen LogP contribution in [0.1, 0.15) is 45.4 Å². The first kappa shape index (κ1) is 18.0. The Morgan fingerprint density at radius 1 is 1.04 bits per heavy atom. The van der Waals surface area contributed by atoms with Crippen LogP contribution in [-0.2, 0) is 17.9 Å². The highest BCUT2D eigenvalue weighted by Crippen LogP contribution is 2.35. The molecule has 1 aromatic carbocycles. The average Bonchev–Trinajstić information content (AvgIpc) is 2.71. The molecule has 27 heavy (non-hydrogen) atoms. The van der Waals surface area contributed by atoms with Gasteiger partial charge in [0.05, 0.1) is 10.9 Å². The minimum atomic E-state index is -0.397. The summed E-state index contributed by atoms with van der Waals surface area (Å²) in [6, 6.07) is 7.39. The highest BCUT2D eigenvalue weighted by molar-refractivity contribution is 5.82. The van der Waals surface area contributed by atoms with Crippen molar-refractivity contribution in [2.75, 3.05) is 6.54 Å². The SMILES string of the molecule is CCn1c(=O)c2ccccc2n(CC(=O)N2CCC[C@@H]3CCCC[C@@H]32)c1=O. The maximum atomic E-state index is 13.2. The Hall–Kier alpha value is -2.37. The topological polar surface area (TPSA) is 64.3 Å². The fourth-order valence-electron chi connectivity index (χ4n) is 4.96. The standard InChI is InChI=1S/C21H27N3O3/c1-2-22-20(26)16-10-4-6-12-18(16)24(21(22)27)14-19(25)23-13-7-9-15-8-3-5-11-17(15)23/h4,6,10,12,15,17H,2-3,5,7-9,11,13-14H2,1H3/t15-,17-/m0/s1. The predicted octanol–water partition coefficient (Wildman–Crippen LogP) is 2.36. The molecule has 1 aliphatic heterocycles. The summed E-state index contributed by atoms with van der Waals surface area (Å²) in [5, 5.41) is 0.487. The maximum Gasteiger partial charge on any atom is 0.331 e. The van der Waals surface area contributed by atoms with Crippen molar-refractivity contribution in [3.8, 4) is 0 Å². The van der Waals surface area contributed by atoms with Gasteiger partial charge >= 0.3 is 5.69 Å². The van der Waals surface area contributed by atoms with Crippen LogP contribution in [0.4, 0.5) is 0 Å². The van der Waals surface area contributed by atoms with E-state index in [1.165, 1.54) is 34.8 Å². The molecule has 0 unspecified atom stereocenters. The number of carbonyl (C=O) groups is 1. The molecule has 2 aromatic rings. The van der Waals surface area contributed by atoms with Crippen LogP contribution in [0.25, 0.3) is 10.9 Å². The highest BCUT2D eigenvalue weighted by atomic mass is 16.2. The van der Waals surface area contributed by atoms with Gasteiger partial charge in [0, 0.05) is 19.1 Å². The summed E-state index contributed by atoms with van der Waals surface area (Å²) in [4.78, 5) is 40.6. The summed E-state index contributed by atoms with van der Waals surface area (Å²) in [5.74, 6) is 0.606. The number of hydrogen-bond donors (Lipinski definition) is 0. The number of para-hydroxylation sites is 1. The van der Waals surface area contributed by atoms with Crippen LogP contribution in [0, 0.1) is 5.92 Å². The quantitative estimate of drug-likeness (QED) is 0.834. The zero-order chi connectivity index (χ0) is 19.0. The van der Waals surface area contributed by atoms with Gasteiger partial charge < -0.3 is 4.90 Å². The largest absolute Gasteiger partial charge is 0.338 e. The molecule has 0 spiro atoms. The van der Waals surface area contributed by atoms with Crippen molar-refractivity contribution in [3.05, 3.63) is 45.1 Å². The number of nitrogens with zero attached hydrogens (tertiary/aromatic N) is 3. The lowest BCUT2D eigenvalue weighted by Gasteiger charge is -2.44. The molecule has 6 heteroatoms. The van der Waals surface area contributed by atoms with E-state index in [0.29, 0.717) is 29.4 Å². The minimum absolute atomic E-state index is 0.000144. The molecule has 2 aliphatic rings. The van der Waals surface area contributed by atoms with Crippen molar-refractivity contribution >= 4 is 16.8 Å². The summed E-state index contributed by atoms with van der Waals surface area (Å²) in [6.45, 7) is 2.86. The molecule has 0 N–H and O–H groups in total. The lowest BCUT2D eigenvalue weighted by molar-refractivity contribution is -0.138. The van der Waals surface area contributed by atoms with E-state index in [9.17, 15) is 14.4 Å². The van der Waals surface area contributed by atoms with Gasteiger partial charge in [0.15, 0.2) is 0 Å². The van der Waals surface area contributed by atoms with Crippen LogP contribution < -0.4 is 11.2 Å². The zero-order valence-electron chi connectivity index (χ0n) is 15.9. The molecular weight excluding hydrogens is 342 g/mol. The summed E-state index contributed by atoms with van der Waals surface area (Å²) in [7, 11) is 0. The molecule has 1 aromatic heterocycles. The van der Waals surface area contributed by atoms with E-state index in [-0.39, 0.29) is 18.0 Å². The number of carbonyl (C=O) groups excluding carboxylic acids is 1. The van der Waals surface area contributed by atoms with E-state index in [1.54, 1.807) is 31.2 Å². The molecule has 144 valence electrons. The Labute approximate surface area is 158 Å². The van der Waals surface area contributed by atoms with Crippen LogP contribution in [0.3, 0.4) is 0 Å². The monoisotopic (exact) mass is 369 g/mol. The molecule has 2 heterocycles. The van der Waals surface area contributed by atoms with Gasteiger partial charge in [0.2, 0.25) is 5.91 Å². The first-order valence-corrected chi connectivity index (χ1v) is 10.1. The summed E-state index contributed by atoms with van der Waals surface area (Å²) < 4.78 is 2.70. The third kappa shape index (κ3) is 3.11. The summed E-state index contributed by atoms with van der Waals surface area (Å²) in [5.41, 5.74) is -0.137. The number of fused-ring (bicyclic) bond motifs is 2. The molecular formula is C21H27N3O3. The average molecular weight is 369 g/mol. The third-order valence-corrected chi connectivity index (χ3v) is 6.31. The van der Waals surface area contributed by atoms with Gasteiger partial charge in [-0.25, -0.2) is 4.79 Å². The first-order valence-electron chi connectivity index (χ1n) is 10.1.